The summed E-state index contributed by atoms with van der Waals surface area (Å²) in [6, 6.07) is 0. The van der Waals surface area contributed by atoms with Crippen LogP contribution in [0.1, 0.15) is 52.4 Å². The molecule has 138 valence electrons. The summed E-state index contributed by atoms with van der Waals surface area (Å²) in [5, 5.41) is 2.88. The second kappa shape index (κ2) is 21.9. The number of carbonyl (C=O) groups is 3. The minimum atomic E-state index is -0.224. The number of nitrogens with one attached hydrogen (secondary N) is 1. The van der Waals surface area contributed by atoms with Crippen molar-refractivity contribution < 1.29 is 43.9 Å². The van der Waals surface area contributed by atoms with Gasteiger partial charge < -0.3 is 29.3 Å². The number of amides is 1. The third kappa shape index (κ3) is 22.9. The number of thioether (sulfide) groups is 1. The smallest absolute Gasteiger partial charge is 0.358 e. The predicted molar refractivity (Wildman–Crippen MR) is 110 cm³/mol. The van der Waals surface area contributed by atoms with Crippen molar-refractivity contribution in [2.45, 2.75) is 52.4 Å². The molecule has 0 rings (SSSR count). The second-order valence-corrected chi connectivity index (χ2v) is 6.42. The zero-order valence-corrected chi connectivity index (χ0v) is 20.8. The van der Waals surface area contributed by atoms with E-state index in [-0.39, 0.29) is 84.4 Å². The molecule has 0 aliphatic heterocycles. The molecule has 0 spiro atoms. The van der Waals surface area contributed by atoms with Gasteiger partial charge in [-0.15, -0.1) is 29.9 Å². The average Bonchev–Trinajstić information content (AvgIpc) is 2.41. The number of halogens is 1. The molecule has 7 heteroatoms. The quantitative estimate of drug-likeness (QED) is 0.184. The van der Waals surface area contributed by atoms with Crippen LogP contribution in [0.4, 0.5) is 0 Å². The molecule has 0 aromatic rings. The van der Waals surface area contributed by atoms with E-state index >= 15 is 0 Å². The molecule has 0 aliphatic carbocycles. The van der Waals surface area contributed by atoms with Crippen LogP contribution in [0.3, 0.4) is 0 Å². The summed E-state index contributed by atoms with van der Waals surface area (Å²) in [6.45, 7) is 7.58. The number of hydrogen-bond acceptors (Lipinski definition) is 4. The number of Topliss-reactive ketones (excluding diaryl/α,β-unsaturated/α-hetero) is 2. The van der Waals surface area contributed by atoms with Gasteiger partial charge in [-0.2, -0.15) is 11.8 Å². The zero-order chi connectivity index (χ0) is 16.1. The van der Waals surface area contributed by atoms with Crippen LogP contribution in [0.15, 0.2) is 0 Å². The maximum absolute atomic E-state index is 11.5. The van der Waals surface area contributed by atoms with Crippen LogP contribution in [0, 0.1) is 20.3 Å². The molecule has 0 aromatic heterocycles. The summed E-state index contributed by atoms with van der Waals surface area (Å²) in [5.41, 5.74) is 0. The van der Waals surface area contributed by atoms with Gasteiger partial charge in [0.15, 0.2) is 0 Å². The molecule has 0 radical (unpaired) electrons. The summed E-state index contributed by atoms with van der Waals surface area (Å²) in [7, 11) is 0. The molecule has 0 saturated carbocycles. The first kappa shape index (κ1) is 32.6. The molecular weight excluding hydrogens is 448 g/mol. The van der Waals surface area contributed by atoms with E-state index in [2.05, 4.69) is 12.2 Å². The summed E-state index contributed by atoms with van der Waals surface area (Å²) in [4.78, 5) is 33.3. The Morgan fingerprint density at radius 2 is 1.58 bits per heavy atom. The van der Waals surface area contributed by atoms with Gasteiger partial charge in [0.1, 0.15) is 11.6 Å². The minimum Gasteiger partial charge on any atom is -0.358 e. The van der Waals surface area contributed by atoms with Gasteiger partial charge in [0.2, 0.25) is 5.91 Å². The molecule has 0 bridgehead atoms. The van der Waals surface area contributed by atoms with Gasteiger partial charge in [0.25, 0.3) is 0 Å². The van der Waals surface area contributed by atoms with Crippen molar-refractivity contribution in [3.05, 3.63) is 14.4 Å². The SMILES string of the molecule is I.[CH2-][C@H](CSCC(=O)NCCCCCCCC(C)=O)C(C)=O.[CH3-].[Na+]. The molecule has 0 aliphatic rings. The molecular formula is C17H32INNaO3S-. The Bertz CT molecular complexity index is 344. The first-order valence-electron chi connectivity index (χ1n) is 7.61. The van der Waals surface area contributed by atoms with Crippen molar-refractivity contribution in [1.29, 1.82) is 0 Å². The van der Waals surface area contributed by atoms with E-state index in [0.29, 0.717) is 24.5 Å². The molecule has 0 heterocycles. The predicted octanol–water partition coefficient (Wildman–Crippen LogP) is 0.877. The van der Waals surface area contributed by atoms with Crippen LogP contribution in [-0.4, -0.2) is 35.5 Å². The van der Waals surface area contributed by atoms with E-state index in [0.717, 1.165) is 32.1 Å². The molecule has 0 saturated heterocycles. The van der Waals surface area contributed by atoms with Gasteiger partial charge in [-0.05, 0) is 32.4 Å². The normalized spacial score (nSPS) is 10.5. The summed E-state index contributed by atoms with van der Waals surface area (Å²) in [6.07, 6.45) is 5.90. The number of rotatable bonds is 13. The van der Waals surface area contributed by atoms with E-state index in [9.17, 15) is 14.4 Å². The molecule has 1 atom stereocenters. The van der Waals surface area contributed by atoms with E-state index in [1.807, 2.05) is 0 Å². The molecule has 0 fully saturated rings. The minimum absolute atomic E-state index is 0. The van der Waals surface area contributed by atoms with Crippen molar-refractivity contribution in [3.63, 3.8) is 0 Å². The van der Waals surface area contributed by atoms with E-state index in [1.165, 1.54) is 18.7 Å². The number of hydrogen-bond donors (Lipinski definition) is 1. The molecule has 1 N–H and O–H groups in total. The molecule has 24 heavy (non-hydrogen) atoms. The summed E-state index contributed by atoms with van der Waals surface area (Å²) < 4.78 is 0. The van der Waals surface area contributed by atoms with Gasteiger partial charge in [-0.25, -0.2) is 0 Å². The fraction of sp³-hybridized carbons (Fsp3) is 0.706. The Morgan fingerprint density at radius 3 is 2.12 bits per heavy atom. The van der Waals surface area contributed by atoms with Crippen molar-refractivity contribution in [2.24, 2.45) is 5.92 Å². The maximum atomic E-state index is 11.5. The van der Waals surface area contributed by atoms with Crippen LogP contribution in [0.25, 0.3) is 0 Å². The Hall–Kier alpha value is 0.890. The van der Waals surface area contributed by atoms with Crippen LogP contribution in [0.5, 0.6) is 0 Å². The van der Waals surface area contributed by atoms with Gasteiger partial charge in [-0.1, -0.05) is 19.3 Å². The zero-order valence-electron chi connectivity index (χ0n) is 15.7. The second-order valence-electron chi connectivity index (χ2n) is 5.39. The topological polar surface area (TPSA) is 63.2 Å². The number of unbranched alkanes of at least 4 members (excludes halogenated alkanes) is 4. The van der Waals surface area contributed by atoms with Crippen LogP contribution in [0.2, 0.25) is 0 Å². The van der Waals surface area contributed by atoms with Crippen molar-refractivity contribution in [3.8, 4) is 0 Å². The molecule has 1 amide bonds. The summed E-state index contributed by atoms with van der Waals surface area (Å²) in [5.74, 6) is 1.10. The molecule has 0 aromatic carbocycles. The van der Waals surface area contributed by atoms with E-state index in [1.54, 1.807) is 6.92 Å². The van der Waals surface area contributed by atoms with Crippen LogP contribution in [-0.2, 0) is 14.4 Å². The Labute approximate surface area is 191 Å². The van der Waals surface area contributed by atoms with Gasteiger partial charge in [0, 0.05) is 13.0 Å². The third-order valence-electron chi connectivity index (χ3n) is 3.15. The first-order valence-corrected chi connectivity index (χ1v) is 8.76. The van der Waals surface area contributed by atoms with E-state index in [4.69, 9.17) is 0 Å². The van der Waals surface area contributed by atoms with Crippen LogP contribution >= 0.6 is 35.7 Å². The fourth-order valence-corrected chi connectivity index (χ4v) is 2.64. The van der Waals surface area contributed by atoms with E-state index < -0.39 is 0 Å². The van der Waals surface area contributed by atoms with Crippen molar-refractivity contribution in [1.82, 2.24) is 5.32 Å². The molecule has 0 unspecified atom stereocenters. The van der Waals surface area contributed by atoms with Gasteiger partial charge in [-0.3, -0.25) is 4.79 Å². The Balaban J connectivity index is -0.000000667. The van der Waals surface area contributed by atoms with Gasteiger partial charge >= 0.3 is 29.6 Å². The fourth-order valence-electron chi connectivity index (χ4n) is 1.72. The van der Waals surface area contributed by atoms with Crippen LogP contribution < -0.4 is 34.9 Å². The Kier molecular flexibility index (Phi) is 29.7. The maximum Gasteiger partial charge on any atom is 1.00 e. The van der Waals surface area contributed by atoms with Crippen molar-refractivity contribution >= 4 is 53.2 Å². The summed E-state index contributed by atoms with van der Waals surface area (Å²) >= 11 is 1.45. The van der Waals surface area contributed by atoms with Gasteiger partial charge in [0.05, 0.1) is 5.75 Å². The standard InChI is InChI=1S/C16H28NO3S.CH3.HI.Na/c1-13(15(3)19)11-21-12-16(20)17-10-8-6-4-5-7-9-14(2)18;;;/h13H,1,4-12H2,2-3H3,(H,17,20);1H3;1H;/q2*-1;;+1/t13-;;;/m1.../s1. The number of carbonyl (C=O) groups excluding carboxylic acids is 3. The average molecular weight is 480 g/mol. The van der Waals surface area contributed by atoms with Crippen molar-refractivity contribution in [2.75, 3.05) is 18.1 Å². The number of ketones is 2. The monoisotopic (exact) mass is 480 g/mol. The third-order valence-corrected chi connectivity index (χ3v) is 4.26. The Morgan fingerprint density at radius 1 is 1.04 bits per heavy atom. The first-order chi connectivity index (χ1) is 9.93. The largest absolute Gasteiger partial charge is 1.00 e. The molecule has 4 nitrogen and oxygen atoms in total.